The molecule has 4 fully saturated rings. The summed E-state index contributed by atoms with van der Waals surface area (Å²) in [6.07, 6.45) is 1.65. The average Bonchev–Trinajstić information content (AvgIpc) is 3.06. The number of carbonyl (C=O) groups is 6. The van der Waals surface area contributed by atoms with Gasteiger partial charge >= 0.3 is 12.2 Å². The molecule has 10 nitrogen and oxygen atoms in total. The minimum Gasteiger partial charge on any atom is -0.449 e. The molecule has 0 aromatic rings. The molecule has 0 radical (unpaired) electrons. The molecule has 6 amide bonds. The van der Waals surface area contributed by atoms with Crippen LogP contribution in [0.5, 0.6) is 0 Å². The zero-order valence-electron chi connectivity index (χ0n) is 16.3. The predicted molar refractivity (Wildman–Crippen MR) is 94.8 cm³/mol. The molecule has 0 spiro atoms. The SMILES string of the molecule is CCOC(=O)N1C(=O)[C@H]2[C@@H]3C=C[C@@H]([C@@H]2C1=O)[C@H]1[C@H]2C(=O)N(C(=O)OCC)C(=O)[C@@H]2[C@H]31. The Balaban J connectivity index is 1.48. The highest BCUT2D eigenvalue weighted by atomic mass is 16.6. The smallest absolute Gasteiger partial charge is 0.423 e. The third-order valence-corrected chi connectivity index (χ3v) is 7.24. The zero-order valence-corrected chi connectivity index (χ0v) is 16.3. The molecule has 2 heterocycles. The van der Waals surface area contributed by atoms with Crippen LogP contribution >= 0.6 is 0 Å². The number of allylic oxidation sites excluding steroid dienone is 2. The second-order valence-electron chi connectivity index (χ2n) is 8.22. The van der Waals surface area contributed by atoms with E-state index in [-0.39, 0.29) is 25.0 Å². The summed E-state index contributed by atoms with van der Waals surface area (Å²) in [4.78, 5) is 77.1. The van der Waals surface area contributed by atoms with E-state index in [1.807, 2.05) is 12.2 Å². The molecule has 0 unspecified atom stereocenters. The highest BCUT2D eigenvalue weighted by molar-refractivity contribution is 6.18. The van der Waals surface area contributed by atoms with Crippen molar-refractivity contribution >= 4 is 35.8 Å². The van der Waals surface area contributed by atoms with E-state index in [0.717, 1.165) is 0 Å². The monoisotopic (exact) mass is 416 g/mol. The molecule has 30 heavy (non-hydrogen) atoms. The number of rotatable bonds is 2. The lowest BCUT2D eigenvalue weighted by atomic mass is 9.40. The molecule has 6 rings (SSSR count). The van der Waals surface area contributed by atoms with Gasteiger partial charge in [0.25, 0.3) is 0 Å². The maximum atomic E-state index is 13.0. The summed E-state index contributed by atoms with van der Waals surface area (Å²) in [5.41, 5.74) is 0. The molecule has 158 valence electrons. The van der Waals surface area contributed by atoms with Gasteiger partial charge in [0.15, 0.2) is 0 Å². The first kappa shape index (κ1) is 19.0. The van der Waals surface area contributed by atoms with Gasteiger partial charge in [-0.1, -0.05) is 12.2 Å². The van der Waals surface area contributed by atoms with Gasteiger partial charge in [-0.2, -0.15) is 9.80 Å². The standard InChI is InChI=1S/C20H20N2O8/c1-3-29-19(27)21-15(23)11-7-5-6-8(12(11)16(21)24)10-9(7)13-14(10)18(26)22(17(13)25)20(28)30-4-2/h5-14H,3-4H2,1-2H3/t7-,8-,9-,10-,11+,12+,13-,14-/m1/s1. The van der Waals surface area contributed by atoms with Gasteiger partial charge in [0, 0.05) is 0 Å². The van der Waals surface area contributed by atoms with Crippen molar-refractivity contribution in [2.75, 3.05) is 13.2 Å². The van der Waals surface area contributed by atoms with E-state index in [2.05, 4.69) is 0 Å². The van der Waals surface area contributed by atoms with E-state index in [9.17, 15) is 28.8 Å². The highest BCUT2D eigenvalue weighted by Crippen LogP contribution is 2.68. The molecule has 0 N–H and O–H groups in total. The number of carbonyl (C=O) groups excluding carboxylic acids is 6. The fourth-order valence-corrected chi connectivity index (χ4v) is 6.34. The molecule has 8 atom stereocenters. The Morgan fingerprint density at radius 2 is 1.03 bits per heavy atom. The predicted octanol–water partition coefficient (Wildman–Crippen LogP) is 0.564. The number of imide groups is 6. The Bertz CT molecular complexity index is 885. The van der Waals surface area contributed by atoms with Crippen LogP contribution in [0.3, 0.4) is 0 Å². The Kier molecular flexibility index (Phi) is 3.93. The molecule has 4 aliphatic carbocycles. The van der Waals surface area contributed by atoms with E-state index in [4.69, 9.17) is 9.47 Å². The zero-order chi connectivity index (χ0) is 21.5. The number of amides is 6. The quantitative estimate of drug-likeness (QED) is 0.472. The van der Waals surface area contributed by atoms with E-state index < -0.39 is 71.3 Å². The van der Waals surface area contributed by atoms with Crippen LogP contribution in [0.1, 0.15) is 13.8 Å². The normalized spacial score (nSPS) is 40.2. The maximum Gasteiger partial charge on any atom is 0.423 e. The molecular weight excluding hydrogens is 396 g/mol. The fraction of sp³-hybridized carbons (Fsp3) is 0.600. The number of hydrogen-bond acceptors (Lipinski definition) is 8. The van der Waals surface area contributed by atoms with Crippen LogP contribution < -0.4 is 0 Å². The number of hydrogen-bond donors (Lipinski definition) is 0. The number of ether oxygens (including phenoxy) is 2. The summed E-state index contributed by atoms with van der Waals surface area (Å²) < 4.78 is 9.71. The van der Waals surface area contributed by atoms with Crippen LogP contribution in [0.2, 0.25) is 0 Å². The molecule has 2 bridgehead atoms. The largest absolute Gasteiger partial charge is 0.449 e. The first-order valence-corrected chi connectivity index (χ1v) is 10.1. The van der Waals surface area contributed by atoms with Crippen LogP contribution in [0, 0.1) is 47.3 Å². The summed E-state index contributed by atoms with van der Waals surface area (Å²) in [5.74, 6) is -7.01. The summed E-state index contributed by atoms with van der Waals surface area (Å²) in [5, 5.41) is 0. The lowest BCUT2D eigenvalue weighted by Gasteiger charge is -2.60. The van der Waals surface area contributed by atoms with E-state index >= 15 is 0 Å². The third-order valence-electron chi connectivity index (χ3n) is 7.24. The Morgan fingerprint density at radius 3 is 1.37 bits per heavy atom. The molecule has 2 saturated carbocycles. The summed E-state index contributed by atoms with van der Waals surface area (Å²) >= 11 is 0. The average molecular weight is 416 g/mol. The summed E-state index contributed by atoms with van der Waals surface area (Å²) in [6, 6.07) is 0. The first-order valence-electron chi connectivity index (χ1n) is 10.1. The van der Waals surface area contributed by atoms with Crippen molar-refractivity contribution in [2.45, 2.75) is 13.8 Å². The van der Waals surface area contributed by atoms with Crippen LogP contribution in [0.15, 0.2) is 12.2 Å². The summed E-state index contributed by atoms with van der Waals surface area (Å²) in [7, 11) is 0. The molecule has 2 aliphatic heterocycles. The van der Waals surface area contributed by atoms with Crippen molar-refractivity contribution in [1.29, 1.82) is 0 Å². The van der Waals surface area contributed by atoms with Gasteiger partial charge in [-0.15, -0.1) is 0 Å². The third kappa shape index (κ3) is 2.03. The second-order valence-corrected chi connectivity index (χ2v) is 8.22. The van der Waals surface area contributed by atoms with Crippen molar-refractivity contribution in [1.82, 2.24) is 9.80 Å². The van der Waals surface area contributed by atoms with Crippen LogP contribution in [-0.4, -0.2) is 58.8 Å². The summed E-state index contributed by atoms with van der Waals surface area (Å²) in [6.45, 7) is 3.21. The minimum atomic E-state index is -0.991. The van der Waals surface area contributed by atoms with Gasteiger partial charge in [0.1, 0.15) is 0 Å². The van der Waals surface area contributed by atoms with Crippen LogP contribution in [-0.2, 0) is 28.7 Å². The molecule has 0 aromatic heterocycles. The van der Waals surface area contributed by atoms with Gasteiger partial charge in [-0.3, -0.25) is 19.2 Å². The fourth-order valence-electron chi connectivity index (χ4n) is 6.34. The Hall–Kier alpha value is -3.04. The van der Waals surface area contributed by atoms with Crippen molar-refractivity contribution in [3.8, 4) is 0 Å². The Morgan fingerprint density at radius 1 is 0.700 bits per heavy atom. The van der Waals surface area contributed by atoms with Gasteiger partial charge < -0.3 is 9.47 Å². The van der Waals surface area contributed by atoms with E-state index in [0.29, 0.717) is 9.80 Å². The van der Waals surface area contributed by atoms with Crippen molar-refractivity contribution in [3.63, 3.8) is 0 Å². The second kappa shape index (κ2) is 6.23. The van der Waals surface area contributed by atoms with Gasteiger partial charge in [-0.05, 0) is 37.5 Å². The van der Waals surface area contributed by atoms with E-state index in [1.165, 1.54) is 0 Å². The molecule has 0 aromatic carbocycles. The minimum absolute atomic E-state index is 0.0262. The van der Waals surface area contributed by atoms with Crippen LogP contribution in [0.25, 0.3) is 0 Å². The van der Waals surface area contributed by atoms with Gasteiger partial charge in [0.2, 0.25) is 23.6 Å². The van der Waals surface area contributed by atoms with Crippen molar-refractivity contribution < 1.29 is 38.2 Å². The molecule has 6 aliphatic rings. The van der Waals surface area contributed by atoms with Gasteiger partial charge in [0.05, 0.1) is 36.9 Å². The lowest BCUT2D eigenvalue weighted by molar-refractivity contribution is -0.166. The highest BCUT2D eigenvalue weighted by Gasteiger charge is 2.76. The van der Waals surface area contributed by atoms with Crippen molar-refractivity contribution in [3.05, 3.63) is 12.2 Å². The van der Waals surface area contributed by atoms with Gasteiger partial charge in [-0.25, -0.2) is 9.59 Å². The first-order chi connectivity index (χ1) is 14.3. The van der Waals surface area contributed by atoms with E-state index in [1.54, 1.807) is 13.8 Å². The molecule has 2 saturated heterocycles. The molecule has 10 heteroatoms. The number of likely N-dealkylation sites (tertiary alicyclic amines) is 2. The number of nitrogens with zero attached hydrogens (tertiary/aromatic N) is 2. The van der Waals surface area contributed by atoms with Crippen molar-refractivity contribution in [2.24, 2.45) is 47.3 Å². The topological polar surface area (TPSA) is 127 Å². The lowest BCUT2D eigenvalue weighted by Crippen LogP contribution is -2.63. The number of fused-ring (bicyclic) bond motifs is 1. The maximum absolute atomic E-state index is 13.0. The Labute approximate surface area is 171 Å². The molecular formula is C20H20N2O8. The van der Waals surface area contributed by atoms with Crippen LogP contribution in [0.4, 0.5) is 9.59 Å².